The molecule has 0 aliphatic heterocycles. The van der Waals surface area contributed by atoms with Gasteiger partial charge in [0.1, 0.15) is 45.2 Å². The largest absolute Gasteiger partial charge is 0.456 e. The van der Waals surface area contributed by atoms with Crippen LogP contribution in [0.5, 0.6) is 0 Å². The second kappa shape index (κ2) is 38.8. The Morgan fingerprint density at radius 2 is 0.419 bits per heavy atom. The van der Waals surface area contributed by atoms with Crippen molar-refractivity contribution in [1.82, 2.24) is 34.9 Å². The Morgan fingerprint density at radius 3 is 0.818 bits per heavy atom. The maximum Gasteiger partial charge on any atom is 0.161 e. The lowest BCUT2D eigenvalue weighted by molar-refractivity contribution is 0.631. The van der Waals surface area contributed by atoms with Gasteiger partial charge in [-0.05, 0) is 203 Å². The smallest absolute Gasteiger partial charge is 0.161 e. The highest BCUT2D eigenvalue weighted by Crippen LogP contribution is 2.43. The number of rotatable bonds is 17. The minimum absolute atomic E-state index is 0.640. The number of pyridine rings is 1. The van der Waals surface area contributed by atoms with Gasteiger partial charge < -0.3 is 17.7 Å². The molecule has 8 heterocycles. The first-order valence-corrected chi connectivity index (χ1v) is 49.5. The van der Waals surface area contributed by atoms with E-state index in [1.165, 1.54) is 54.9 Å². The lowest BCUT2D eigenvalue weighted by atomic mass is 9.97. The summed E-state index contributed by atoms with van der Waals surface area (Å²) < 4.78 is 24.7. The summed E-state index contributed by atoms with van der Waals surface area (Å²) in [5, 5.41) is 12.5. The highest BCUT2D eigenvalue weighted by atomic mass is 16.3. The predicted octanol–water partition coefficient (Wildman–Crippen LogP) is 36.8. The second-order valence-corrected chi connectivity index (χ2v) is 37.0. The van der Waals surface area contributed by atoms with Crippen LogP contribution in [-0.2, 0) is 0 Å². The third-order valence-corrected chi connectivity index (χ3v) is 27.6. The lowest BCUT2D eigenvalue weighted by Gasteiger charge is -2.13. The van der Waals surface area contributed by atoms with Crippen molar-refractivity contribution in [3.63, 3.8) is 0 Å². The van der Waals surface area contributed by atoms with Gasteiger partial charge >= 0.3 is 0 Å². The van der Waals surface area contributed by atoms with Crippen molar-refractivity contribution in [3.8, 4) is 191 Å². The number of furan rings is 4. The zero-order valence-electron chi connectivity index (χ0n) is 80.0. The fraction of sp³-hybridized carbons (Fsp3) is 0. The number of hydrogen-bond acceptors (Lipinski definition) is 11. The molecular formula is C137H87N7O4. The summed E-state index contributed by atoms with van der Waals surface area (Å²) in [5.74, 6) is 4.53. The van der Waals surface area contributed by atoms with E-state index in [0.29, 0.717) is 17.5 Å². The molecule has 0 atom stereocenters. The molecule has 28 rings (SSSR count). The number of hydrogen-bond donors (Lipinski definition) is 0. The van der Waals surface area contributed by atoms with Gasteiger partial charge in [0.25, 0.3) is 0 Å². The third kappa shape index (κ3) is 18.1. The Kier molecular flexibility index (Phi) is 23.1. The molecule has 0 amide bonds. The highest BCUT2D eigenvalue weighted by Gasteiger charge is 2.22. The molecule has 0 spiro atoms. The zero-order chi connectivity index (χ0) is 98.2. The first kappa shape index (κ1) is 88.2. The van der Waals surface area contributed by atoms with Crippen LogP contribution in [0.4, 0.5) is 0 Å². The fourth-order valence-electron chi connectivity index (χ4n) is 19.8. The van der Waals surface area contributed by atoms with E-state index in [4.69, 9.17) is 47.6 Å². The van der Waals surface area contributed by atoms with Crippen molar-refractivity contribution in [2.75, 3.05) is 0 Å². The van der Waals surface area contributed by atoms with E-state index in [-0.39, 0.29) is 0 Å². The van der Waals surface area contributed by atoms with Crippen molar-refractivity contribution < 1.29 is 17.7 Å². The Hall–Kier alpha value is -20.0. The standard InChI is InChI=1S/C46H28N2O2.C46H30N2O.C45H29N3O/c1-2-8-29(9-3-1)32-18-19-34-25-35(21-20-33(34)24-32)41-28-40(30-14-16-31(17-15-30)44-26-36-10-4-6-12-42(36)49-44)47-46(48-41)37-22-23-39-38-11-5-7-13-43(38)50-45(39)27-37;1-3-11-31(12-4-1)35-23-24-37-28-38(26-25-36(37)27-35)43-30-42(33-19-21-34(22-20-33)45-29-39-15-7-10-18-44(39)49-45)47-46(48-43)41-17-9-8-16-40(41)32-13-5-2-6-14-32;1-2-7-30(8-3-1)35-20-21-37-26-38(23-22-36(37)25-35)42-28-41(32-14-16-33(17-15-32)44-27-39-9-4-5-11-43(39)49-44)47-45(48-42)34-18-12-31(13-19-34)40-10-6-24-46-29-40/h1-28H;1-30H;1-29H. The minimum Gasteiger partial charge on any atom is -0.456 e. The predicted molar refractivity (Wildman–Crippen MR) is 605 cm³/mol. The molecule has 20 aromatic carbocycles. The monoisotopic (exact) mass is 1890 g/mol. The molecule has 11 nitrogen and oxygen atoms in total. The van der Waals surface area contributed by atoms with Gasteiger partial charge in [0.15, 0.2) is 17.5 Å². The minimum atomic E-state index is 0.640. The van der Waals surface area contributed by atoms with Crippen LogP contribution in [0.3, 0.4) is 0 Å². The molecule has 0 fully saturated rings. The van der Waals surface area contributed by atoms with Crippen LogP contribution in [0.25, 0.3) is 278 Å². The molecule has 0 N–H and O–H groups in total. The molecular weight excluding hydrogens is 1810 g/mol. The van der Waals surface area contributed by atoms with Crippen molar-refractivity contribution in [1.29, 1.82) is 0 Å². The number of benzene rings is 20. The molecule has 0 radical (unpaired) electrons. The first-order valence-electron chi connectivity index (χ1n) is 49.5. The van der Waals surface area contributed by atoms with Crippen LogP contribution in [-0.4, -0.2) is 34.9 Å². The molecule has 0 unspecified atom stereocenters. The number of nitrogens with zero attached hydrogens (tertiary/aromatic N) is 7. The van der Waals surface area contributed by atoms with E-state index in [9.17, 15) is 0 Å². The lowest BCUT2D eigenvalue weighted by Crippen LogP contribution is -1.97. The molecule has 148 heavy (non-hydrogen) atoms. The third-order valence-electron chi connectivity index (χ3n) is 27.6. The summed E-state index contributed by atoms with van der Waals surface area (Å²) in [7, 11) is 0. The molecule has 0 saturated carbocycles. The first-order chi connectivity index (χ1) is 73.2. The Morgan fingerprint density at radius 1 is 0.135 bits per heavy atom. The van der Waals surface area contributed by atoms with Crippen molar-refractivity contribution in [2.24, 2.45) is 0 Å². The summed E-state index contributed by atoms with van der Waals surface area (Å²) in [6.07, 6.45) is 3.67. The van der Waals surface area contributed by atoms with E-state index in [0.717, 1.165) is 206 Å². The van der Waals surface area contributed by atoms with Gasteiger partial charge in [0.05, 0.1) is 34.2 Å². The van der Waals surface area contributed by atoms with E-state index >= 15 is 0 Å². The van der Waals surface area contributed by atoms with Crippen LogP contribution < -0.4 is 0 Å². The van der Waals surface area contributed by atoms with E-state index in [1.807, 2.05) is 103 Å². The fourth-order valence-corrected chi connectivity index (χ4v) is 19.8. The molecule has 11 heteroatoms. The summed E-state index contributed by atoms with van der Waals surface area (Å²) in [6, 6.07) is 179. The molecule has 0 aliphatic rings. The van der Waals surface area contributed by atoms with Gasteiger partial charge in [-0.3, -0.25) is 4.98 Å². The van der Waals surface area contributed by atoms with Gasteiger partial charge in [-0.15, -0.1) is 0 Å². The molecule has 694 valence electrons. The quantitative estimate of drug-likeness (QED) is 0.0859. The van der Waals surface area contributed by atoms with Gasteiger partial charge in [0.2, 0.25) is 0 Å². The Labute approximate surface area is 853 Å². The van der Waals surface area contributed by atoms with Gasteiger partial charge in [-0.2, -0.15) is 0 Å². The molecule has 0 bridgehead atoms. The topological polar surface area (TPSA) is 143 Å². The average Bonchev–Trinajstić information content (AvgIpc) is 1.70. The molecule has 0 aliphatic carbocycles. The van der Waals surface area contributed by atoms with Crippen LogP contribution in [0.1, 0.15) is 0 Å². The summed E-state index contributed by atoms with van der Waals surface area (Å²) in [5.41, 5.74) is 33.1. The van der Waals surface area contributed by atoms with Gasteiger partial charge in [-0.1, -0.05) is 400 Å². The summed E-state index contributed by atoms with van der Waals surface area (Å²) >= 11 is 0. The maximum absolute atomic E-state index is 6.25. The van der Waals surface area contributed by atoms with Crippen molar-refractivity contribution >= 4 is 87.2 Å². The summed E-state index contributed by atoms with van der Waals surface area (Å²) in [6.45, 7) is 0. The molecule has 28 aromatic rings. The number of para-hydroxylation sites is 4. The van der Waals surface area contributed by atoms with Crippen LogP contribution >= 0.6 is 0 Å². The van der Waals surface area contributed by atoms with E-state index in [1.54, 1.807) is 6.20 Å². The maximum atomic E-state index is 6.25. The van der Waals surface area contributed by atoms with Crippen LogP contribution in [0.15, 0.2) is 546 Å². The Bertz CT molecular complexity index is 9720. The van der Waals surface area contributed by atoms with Crippen molar-refractivity contribution in [3.05, 3.63) is 528 Å². The van der Waals surface area contributed by atoms with E-state index in [2.05, 4.69) is 424 Å². The SMILES string of the molecule is c1ccc(-c2ccc3cc(-c4cc(-c5ccc(-c6cc7ccccc7o6)cc5)nc(-c5ccc(-c6cccnc6)cc5)n4)ccc3c2)cc1.c1ccc(-c2ccc3cc(-c4cc(-c5ccc(-c6cc7ccccc7o6)cc5)nc(-c5ccc6c(c5)oc5ccccc56)n4)ccc3c2)cc1.c1ccc(-c2ccc3cc(-c4cc(-c5ccc(-c6cc7ccccc7o6)cc5)nc(-c5ccccc5-c5ccccc5)n4)ccc3c2)cc1. The van der Waals surface area contributed by atoms with Crippen LogP contribution in [0.2, 0.25) is 0 Å². The molecule has 8 aromatic heterocycles. The Balaban J connectivity index is 0.000000112. The van der Waals surface area contributed by atoms with E-state index < -0.39 is 0 Å². The highest BCUT2D eigenvalue weighted by molar-refractivity contribution is 6.06. The van der Waals surface area contributed by atoms with Crippen LogP contribution in [0, 0.1) is 0 Å². The van der Waals surface area contributed by atoms with Gasteiger partial charge in [-0.25, -0.2) is 29.9 Å². The normalized spacial score (nSPS) is 11.4. The average molecular weight is 1900 g/mol. The van der Waals surface area contributed by atoms with Crippen molar-refractivity contribution in [2.45, 2.75) is 0 Å². The molecule has 0 saturated heterocycles. The zero-order valence-corrected chi connectivity index (χ0v) is 80.0. The summed E-state index contributed by atoms with van der Waals surface area (Å²) in [4.78, 5) is 35.2. The second-order valence-electron chi connectivity index (χ2n) is 37.0. The van der Waals surface area contributed by atoms with Gasteiger partial charge in [0, 0.05) is 106 Å². The number of aromatic nitrogens is 7. The number of fused-ring (bicyclic) bond motifs is 9.